The third-order valence-electron chi connectivity index (χ3n) is 5.22. The average molecular weight is 454 g/mol. The molecule has 2 aromatic rings. The van der Waals surface area contributed by atoms with Crippen molar-refractivity contribution in [1.29, 1.82) is 0 Å². The Morgan fingerprint density at radius 1 is 0.939 bits per heavy atom. The van der Waals surface area contributed by atoms with Crippen molar-refractivity contribution in [2.45, 2.75) is 44.6 Å². The predicted molar refractivity (Wildman–Crippen MR) is 117 cm³/mol. The average Bonchev–Trinajstić information content (AvgIpc) is 3.32. The first kappa shape index (κ1) is 23.8. The number of rotatable bonds is 9. The monoisotopic (exact) mass is 454 g/mol. The summed E-state index contributed by atoms with van der Waals surface area (Å²) in [5.74, 6) is -2.76. The molecule has 33 heavy (non-hydrogen) atoms. The number of carboxylic acid groups (broad SMARTS) is 1. The summed E-state index contributed by atoms with van der Waals surface area (Å²) in [6.07, 6.45) is -0.225. The van der Waals surface area contributed by atoms with Crippen molar-refractivity contribution in [2.75, 3.05) is 6.54 Å². The molecule has 1 heterocycles. The second-order valence-corrected chi connectivity index (χ2v) is 7.64. The first-order chi connectivity index (χ1) is 15.9. The number of likely N-dealkylation sites (tertiary alicyclic amines) is 1. The molecule has 2 N–H and O–H groups in total. The van der Waals surface area contributed by atoms with E-state index in [0.29, 0.717) is 19.4 Å². The van der Waals surface area contributed by atoms with Gasteiger partial charge in [-0.1, -0.05) is 60.7 Å². The Bertz CT molecular complexity index is 965. The molecule has 1 aliphatic heterocycles. The normalized spacial score (nSPS) is 16.0. The van der Waals surface area contributed by atoms with Crippen molar-refractivity contribution in [3.63, 3.8) is 0 Å². The van der Waals surface area contributed by atoms with Gasteiger partial charge in [0.2, 0.25) is 5.91 Å². The zero-order valence-corrected chi connectivity index (χ0v) is 18.0. The largest absolute Gasteiger partial charge is 0.480 e. The summed E-state index contributed by atoms with van der Waals surface area (Å²) in [7, 11) is 0. The van der Waals surface area contributed by atoms with Gasteiger partial charge in [0, 0.05) is 6.54 Å². The van der Waals surface area contributed by atoms with E-state index in [4.69, 9.17) is 9.47 Å². The molecule has 9 heteroatoms. The van der Waals surface area contributed by atoms with Crippen LogP contribution in [-0.2, 0) is 37.1 Å². The topological polar surface area (TPSA) is 122 Å². The van der Waals surface area contributed by atoms with Gasteiger partial charge in [-0.05, 0) is 24.0 Å². The van der Waals surface area contributed by atoms with Gasteiger partial charge in [0.25, 0.3) is 0 Å². The Morgan fingerprint density at radius 2 is 1.52 bits per heavy atom. The summed E-state index contributed by atoms with van der Waals surface area (Å²) in [6, 6.07) is 15.8. The first-order valence-corrected chi connectivity index (χ1v) is 10.6. The van der Waals surface area contributed by atoms with Gasteiger partial charge >= 0.3 is 18.0 Å². The Kier molecular flexibility index (Phi) is 8.40. The van der Waals surface area contributed by atoms with Crippen LogP contribution in [-0.4, -0.2) is 52.6 Å². The molecule has 2 atom stereocenters. The van der Waals surface area contributed by atoms with Crippen LogP contribution < -0.4 is 5.32 Å². The number of amides is 2. The molecule has 3 rings (SSSR count). The maximum atomic E-state index is 12.7. The summed E-state index contributed by atoms with van der Waals surface area (Å²) in [6.45, 7) is 0.391. The number of hydrogen-bond donors (Lipinski definition) is 2. The molecule has 0 unspecified atom stereocenters. The van der Waals surface area contributed by atoms with Crippen LogP contribution in [0.25, 0.3) is 0 Å². The van der Waals surface area contributed by atoms with E-state index >= 15 is 0 Å². The Hall–Kier alpha value is -3.88. The van der Waals surface area contributed by atoms with Gasteiger partial charge in [-0.15, -0.1) is 0 Å². The summed E-state index contributed by atoms with van der Waals surface area (Å²) >= 11 is 0. The molecule has 0 aliphatic carbocycles. The van der Waals surface area contributed by atoms with Crippen molar-refractivity contribution in [3.8, 4) is 0 Å². The van der Waals surface area contributed by atoms with Crippen molar-refractivity contribution in [2.24, 2.45) is 0 Å². The van der Waals surface area contributed by atoms with E-state index in [1.165, 1.54) is 4.90 Å². The number of carboxylic acids is 1. The SMILES string of the molecule is O=C(C[C@@H](NC(=O)[C@H]1CCCN1C(=O)OCc1ccccc1)C(=O)O)OCc1ccccc1. The molecule has 2 aromatic carbocycles. The highest BCUT2D eigenvalue weighted by molar-refractivity contribution is 5.91. The van der Waals surface area contributed by atoms with Gasteiger partial charge in [0.1, 0.15) is 25.3 Å². The Morgan fingerprint density at radius 3 is 2.09 bits per heavy atom. The lowest BCUT2D eigenvalue weighted by Crippen LogP contribution is -2.51. The minimum atomic E-state index is -1.47. The van der Waals surface area contributed by atoms with E-state index in [0.717, 1.165) is 11.1 Å². The molecular formula is C24H26N2O7. The minimum absolute atomic E-state index is 0.00359. The number of carbonyl (C=O) groups excluding carboxylic acids is 3. The van der Waals surface area contributed by atoms with Crippen LogP contribution in [0.15, 0.2) is 60.7 Å². The Balaban J connectivity index is 1.52. The molecule has 0 radical (unpaired) electrons. The zero-order valence-electron chi connectivity index (χ0n) is 18.0. The van der Waals surface area contributed by atoms with E-state index < -0.39 is 42.4 Å². The first-order valence-electron chi connectivity index (χ1n) is 10.6. The molecule has 2 amide bonds. The summed E-state index contributed by atoms with van der Waals surface area (Å²) < 4.78 is 10.4. The second-order valence-electron chi connectivity index (χ2n) is 7.64. The lowest BCUT2D eigenvalue weighted by Gasteiger charge is -2.24. The van der Waals surface area contributed by atoms with Gasteiger partial charge in [0.05, 0.1) is 6.42 Å². The van der Waals surface area contributed by atoms with Crippen LogP contribution in [0.2, 0.25) is 0 Å². The number of benzene rings is 2. The number of hydrogen-bond acceptors (Lipinski definition) is 6. The van der Waals surface area contributed by atoms with Crippen molar-refractivity contribution >= 4 is 23.9 Å². The molecule has 1 fully saturated rings. The standard InChI is InChI=1S/C24H26N2O7/c27-21(32-15-17-8-3-1-4-9-17)14-19(23(29)30)25-22(28)20-12-7-13-26(20)24(31)33-16-18-10-5-2-6-11-18/h1-6,8-11,19-20H,7,12-16H2,(H,25,28)(H,29,30)/t19-,20-/m1/s1. The van der Waals surface area contributed by atoms with Crippen molar-refractivity contribution in [3.05, 3.63) is 71.8 Å². The molecule has 0 aromatic heterocycles. The number of carbonyl (C=O) groups is 4. The zero-order chi connectivity index (χ0) is 23.6. The third kappa shape index (κ3) is 7.06. The quantitative estimate of drug-likeness (QED) is 0.558. The maximum absolute atomic E-state index is 12.7. The maximum Gasteiger partial charge on any atom is 0.410 e. The highest BCUT2D eigenvalue weighted by Gasteiger charge is 2.37. The molecule has 9 nitrogen and oxygen atoms in total. The molecule has 0 saturated carbocycles. The number of aliphatic carboxylic acids is 1. The van der Waals surface area contributed by atoms with Gasteiger partial charge < -0.3 is 19.9 Å². The fourth-order valence-electron chi connectivity index (χ4n) is 3.49. The van der Waals surface area contributed by atoms with Crippen molar-refractivity contribution in [1.82, 2.24) is 10.2 Å². The van der Waals surface area contributed by atoms with Crippen molar-refractivity contribution < 1.29 is 33.8 Å². The van der Waals surface area contributed by atoms with E-state index in [1.54, 1.807) is 24.3 Å². The van der Waals surface area contributed by atoms with E-state index in [1.807, 2.05) is 36.4 Å². The summed E-state index contributed by atoms with van der Waals surface area (Å²) in [5, 5.41) is 11.8. The van der Waals surface area contributed by atoms with Crippen LogP contribution in [0.4, 0.5) is 4.79 Å². The van der Waals surface area contributed by atoms with Gasteiger partial charge in [0.15, 0.2) is 0 Å². The third-order valence-corrected chi connectivity index (χ3v) is 5.22. The van der Waals surface area contributed by atoms with E-state index in [9.17, 15) is 24.3 Å². The van der Waals surface area contributed by atoms with Gasteiger partial charge in [-0.3, -0.25) is 14.5 Å². The fraction of sp³-hybridized carbons (Fsp3) is 0.333. The lowest BCUT2D eigenvalue weighted by molar-refractivity contribution is -0.151. The van der Waals surface area contributed by atoms with Crippen LogP contribution in [0.3, 0.4) is 0 Å². The highest BCUT2D eigenvalue weighted by atomic mass is 16.6. The molecule has 174 valence electrons. The van der Waals surface area contributed by atoms with Crippen LogP contribution in [0.1, 0.15) is 30.4 Å². The minimum Gasteiger partial charge on any atom is -0.480 e. The number of nitrogens with one attached hydrogen (secondary N) is 1. The molecule has 1 aliphatic rings. The van der Waals surface area contributed by atoms with E-state index in [2.05, 4.69) is 5.32 Å². The molecule has 0 spiro atoms. The van der Waals surface area contributed by atoms with Crippen LogP contribution in [0, 0.1) is 0 Å². The van der Waals surface area contributed by atoms with Gasteiger partial charge in [-0.2, -0.15) is 0 Å². The fourth-order valence-corrected chi connectivity index (χ4v) is 3.49. The van der Waals surface area contributed by atoms with Crippen LogP contribution >= 0.6 is 0 Å². The lowest BCUT2D eigenvalue weighted by atomic mass is 10.1. The summed E-state index contributed by atoms with van der Waals surface area (Å²) in [5.41, 5.74) is 1.57. The molecular weight excluding hydrogens is 428 g/mol. The highest BCUT2D eigenvalue weighted by Crippen LogP contribution is 2.19. The molecule has 1 saturated heterocycles. The Labute approximate surface area is 191 Å². The van der Waals surface area contributed by atoms with E-state index in [-0.39, 0.29) is 13.2 Å². The number of esters is 1. The number of ether oxygens (including phenoxy) is 2. The second kappa shape index (κ2) is 11.7. The summed E-state index contributed by atoms with van der Waals surface area (Å²) in [4.78, 5) is 50.2. The van der Waals surface area contributed by atoms with Gasteiger partial charge in [-0.25, -0.2) is 9.59 Å². The molecule has 0 bridgehead atoms. The predicted octanol–water partition coefficient (Wildman–Crippen LogP) is 2.49. The number of nitrogens with zero attached hydrogens (tertiary/aromatic N) is 1. The van der Waals surface area contributed by atoms with Crippen LogP contribution in [0.5, 0.6) is 0 Å². The smallest absolute Gasteiger partial charge is 0.410 e.